The van der Waals surface area contributed by atoms with Crippen LogP contribution in [0.1, 0.15) is 18.5 Å². The predicted octanol–water partition coefficient (Wildman–Crippen LogP) is 2.25. The third kappa shape index (κ3) is 1.59. The van der Waals surface area contributed by atoms with Gasteiger partial charge in [0.25, 0.3) is 0 Å². The first-order chi connectivity index (χ1) is 7.15. The maximum Gasteiger partial charge on any atom is 0.165 e. The minimum atomic E-state index is -0.501. The molecule has 0 radical (unpaired) electrons. The van der Waals surface area contributed by atoms with Crippen molar-refractivity contribution in [3.63, 3.8) is 0 Å². The molecule has 1 aliphatic heterocycles. The molecule has 1 N–H and O–H groups in total. The van der Waals surface area contributed by atoms with E-state index in [-0.39, 0.29) is 17.7 Å². The molecule has 0 saturated carbocycles. The van der Waals surface area contributed by atoms with Gasteiger partial charge in [-0.25, -0.2) is 8.78 Å². The highest BCUT2D eigenvalue weighted by molar-refractivity contribution is 5.40. The predicted molar refractivity (Wildman–Crippen MR) is 52.8 cm³/mol. The fourth-order valence-electron chi connectivity index (χ4n) is 2.01. The van der Waals surface area contributed by atoms with Crippen LogP contribution in [0.4, 0.5) is 8.78 Å². The van der Waals surface area contributed by atoms with E-state index in [9.17, 15) is 8.78 Å². The second-order valence-electron chi connectivity index (χ2n) is 3.83. The van der Waals surface area contributed by atoms with Crippen molar-refractivity contribution in [2.45, 2.75) is 13.0 Å². The van der Waals surface area contributed by atoms with Crippen molar-refractivity contribution in [2.75, 3.05) is 13.7 Å². The number of fused-ring (bicyclic) bond motifs is 1. The summed E-state index contributed by atoms with van der Waals surface area (Å²) in [7, 11) is 1.74. The molecule has 0 amide bonds. The minimum absolute atomic E-state index is 0.0486. The van der Waals surface area contributed by atoms with Crippen molar-refractivity contribution in [1.82, 2.24) is 5.32 Å². The quantitative estimate of drug-likeness (QED) is 0.772. The average molecular weight is 213 g/mol. The summed E-state index contributed by atoms with van der Waals surface area (Å²) in [6.45, 7) is 2.34. The van der Waals surface area contributed by atoms with Crippen LogP contribution in [0.2, 0.25) is 0 Å². The normalized spacial score (nSPS) is 24.5. The van der Waals surface area contributed by atoms with Crippen molar-refractivity contribution in [3.05, 3.63) is 29.3 Å². The van der Waals surface area contributed by atoms with Gasteiger partial charge < -0.3 is 10.1 Å². The number of hydrogen-bond donors (Lipinski definition) is 1. The van der Waals surface area contributed by atoms with Crippen LogP contribution in [0.3, 0.4) is 0 Å². The number of halogens is 2. The van der Waals surface area contributed by atoms with E-state index in [1.807, 2.05) is 6.92 Å². The van der Waals surface area contributed by atoms with Crippen LogP contribution in [-0.2, 0) is 0 Å². The summed E-state index contributed by atoms with van der Waals surface area (Å²) < 4.78 is 32.2. The van der Waals surface area contributed by atoms with Crippen LogP contribution >= 0.6 is 0 Å². The van der Waals surface area contributed by atoms with E-state index >= 15 is 0 Å². The Balaban J connectivity index is 2.56. The molecule has 1 heterocycles. The van der Waals surface area contributed by atoms with E-state index < -0.39 is 11.6 Å². The Hall–Kier alpha value is -1.16. The van der Waals surface area contributed by atoms with Gasteiger partial charge in [-0.3, -0.25) is 0 Å². The van der Waals surface area contributed by atoms with Gasteiger partial charge in [-0.05, 0) is 19.2 Å². The summed E-state index contributed by atoms with van der Waals surface area (Å²) in [5.41, 5.74) is 0.302. The number of nitrogens with one attached hydrogen (secondary N) is 1. The fourth-order valence-corrected chi connectivity index (χ4v) is 2.01. The lowest BCUT2D eigenvalue weighted by atomic mass is 9.91. The van der Waals surface area contributed by atoms with Gasteiger partial charge >= 0.3 is 0 Å². The molecule has 0 fully saturated rings. The maximum atomic E-state index is 13.6. The third-order valence-corrected chi connectivity index (χ3v) is 2.78. The van der Waals surface area contributed by atoms with Gasteiger partial charge in [0, 0.05) is 12.0 Å². The first kappa shape index (κ1) is 10.4. The van der Waals surface area contributed by atoms with Gasteiger partial charge in [-0.2, -0.15) is 0 Å². The summed E-state index contributed by atoms with van der Waals surface area (Å²) in [5.74, 6) is -0.748. The molecule has 0 spiro atoms. The van der Waals surface area contributed by atoms with Gasteiger partial charge in [-0.1, -0.05) is 6.92 Å². The maximum absolute atomic E-state index is 13.6. The minimum Gasteiger partial charge on any atom is -0.490 e. The van der Waals surface area contributed by atoms with Crippen molar-refractivity contribution < 1.29 is 13.5 Å². The van der Waals surface area contributed by atoms with E-state index in [4.69, 9.17) is 4.74 Å². The standard InChI is InChI=1S/C11H13F2NO/c1-6-5-15-11-8(13)4-3-7(12)9(11)10(6)14-2/h3-4,6,10,14H,5H2,1-2H3/t6?,10-/m1/s1. The largest absolute Gasteiger partial charge is 0.490 e. The second-order valence-corrected chi connectivity index (χ2v) is 3.83. The van der Waals surface area contributed by atoms with Crippen LogP contribution < -0.4 is 10.1 Å². The molecule has 0 saturated heterocycles. The number of ether oxygens (including phenoxy) is 1. The van der Waals surface area contributed by atoms with E-state index in [1.54, 1.807) is 7.05 Å². The van der Waals surface area contributed by atoms with Crippen molar-refractivity contribution in [3.8, 4) is 5.75 Å². The van der Waals surface area contributed by atoms with Gasteiger partial charge in [-0.15, -0.1) is 0 Å². The smallest absolute Gasteiger partial charge is 0.165 e. The molecule has 1 aliphatic rings. The summed E-state index contributed by atoms with van der Waals surface area (Å²) in [6, 6.07) is 2.04. The topological polar surface area (TPSA) is 21.3 Å². The molecule has 2 atom stereocenters. The summed E-state index contributed by atoms with van der Waals surface area (Å²) >= 11 is 0. The SMILES string of the molecule is CN[C@H]1c2c(F)ccc(F)c2OCC1C. The molecule has 2 rings (SSSR count). The van der Waals surface area contributed by atoms with Crippen molar-refractivity contribution >= 4 is 0 Å². The number of hydrogen-bond acceptors (Lipinski definition) is 2. The van der Waals surface area contributed by atoms with Gasteiger partial charge in [0.2, 0.25) is 0 Å². The second kappa shape index (κ2) is 3.77. The summed E-state index contributed by atoms with van der Waals surface area (Å²) in [4.78, 5) is 0. The molecule has 82 valence electrons. The molecule has 2 nitrogen and oxygen atoms in total. The Morgan fingerprint density at radius 3 is 2.67 bits per heavy atom. The van der Waals surface area contributed by atoms with E-state index in [2.05, 4.69) is 5.32 Å². The molecular formula is C11H13F2NO. The molecule has 15 heavy (non-hydrogen) atoms. The Kier molecular flexibility index (Phi) is 2.61. The van der Waals surface area contributed by atoms with Crippen LogP contribution in [0, 0.1) is 17.6 Å². The zero-order chi connectivity index (χ0) is 11.0. The Bertz CT molecular complexity index is 381. The van der Waals surface area contributed by atoms with Gasteiger partial charge in [0.15, 0.2) is 11.6 Å². The molecule has 1 unspecified atom stereocenters. The van der Waals surface area contributed by atoms with E-state index in [0.717, 1.165) is 12.1 Å². The first-order valence-electron chi connectivity index (χ1n) is 4.93. The lowest BCUT2D eigenvalue weighted by molar-refractivity contribution is 0.180. The highest BCUT2D eigenvalue weighted by atomic mass is 19.1. The zero-order valence-electron chi connectivity index (χ0n) is 8.68. The summed E-state index contributed by atoms with van der Waals surface area (Å²) in [5, 5.41) is 2.99. The van der Waals surface area contributed by atoms with Gasteiger partial charge in [0.1, 0.15) is 5.82 Å². The van der Waals surface area contributed by atoms with Crippen molar-refractivity contribution in [2.24, 2.45) is 5.92 Å². The van der Waals surface area contributed by atoms with Crippen LogP contribution in [0.25, 0.3) is 0 Å². The molecule has 4 heteroatoms. The van der Waals surface area contributed by atoms with Crippen LogP contribution in [0.15, 0.2) is 12.1 Å². The molecule has 0 bridgehead atoms. The number of benzene rings is 1. The lowest BCUT2D eigenvalue weighted by Gasteiger charge is -2.31. The fraction of sp³-hybridized carbons (Fsp3) is 0.455. The Morgan fingerprint density at radius 2 is 2.00 bits per heavy atom. The highest BCUT2D eigenvalue weighted by Gasteiger charge is 2.31. The first-order valence-corrected chi connectivity index (χ1v) is 4.93. The molecule has 1 aromatic rings. The van der Waals surface area contributed by atoms with E-state index in [1.165, 1.54) is 0 Å². The van der Waals surface area contributed by atoms with E-state index in [0.29, 0.717) is 12.2 Å². The highest BCUT2D eigenvalue weighted by Crippen LogP contribution is 2.38. The third-order valence-electron chi connectivity index (χ3n) is 2.78. The monoisotopic (exact) mass is 213 g/mol. The van der Waals surface area contributed by atoms with Crippen LogP contribution in [0.5, 0.6) is 5.75 Å². The van der Waals surface area contributed by atoms with Crippen molar-refractivity contribution in [1.29, 1.82) is 0 Å². The Labute approximate surface area is 87.2 Å². The molecular weight excluding hydrogens is 200 g/mol. The van der Waals surface area contributed by atoms with Gasteiger partial charge in [0.05, 0.1) is 12.2 Å². The molecule has 0 aliphatic carbocycles. The molecule has 1 aromatic carbocycles. The zero-order valence-corrected chi connectivity index (χ0v) is 8.68. The number of rotatable bonds is 1. The summed E-state index contributed by atoms with van der Waals surface area (Å²) in [6.07, 6.45) is 0. The average Bonchev–Trinajstić information content (AvgIpc) is 2.23. The lowest BCUT2D eigenvalue weighted by Crippen LogP contribution is -2.33. The Morgan fingerprint density at radius 1 is 1.33 bits per heavy atom. The molecule has 0 aromatic heterocycles. The van der Waals surface area contributed by atoms with Crippen LogP contribution in [-0.4, -0.2) is 13.7 Å².